The van der Waals surface area contributed by atoms with E-state index in [1.54, 1.807) is 0 Å². The maximum absolute atomic E-state index is 5.41. The predicted octanol–water partition coefficient (Wildman–Crippen LogP) is 12.9. The number of nitrogens with zero attached hydrogens (tertiary/aromatic N) is 4. The van der Waals surface area contributed by atoms with Crippen LogP contribution in [0.25, 0.3) is 95.0 Å². The number of benzene rings is 7. The van der Waals surface area contributed by atoms with E-state index >= 15 is 0 Å². The second-order valence-electron chi connectivity index (χ2n) is 13.7. The molecule has 258 valence electrons. The fourth-order valence-corrected chi connectivity index (χ4v) is 7.62. The maximum atomic E-state index is 5.41. The van der Waals surface area contributed by atoms with Gasteiger partial charge in [-0.2, -0.15) is 5.10 Å². The second-order valence-corrected chi connectivity index (χ2v) is 13.7. The molecule has 4 nitrogen and oxygen atoms in total. The molecule has 10 aromatic rings. The van der Waals surface area contributed by atoms with Gasteiger partial charge in [-0.25, -0.2) is 14.5 Å². The number of aromatic nitrogens is 4. The Bertz CT molecular complexity index is 2880. The van der Waals surface area contributed by atoms with Gasteiger partial charge in [-0.15, -0.1) is 0 Å². The van der Waals surface area contributed by atoms with Gasteiger partial charge in [0, 0.05) is 38.8 Å². The Hall–Kier alpha value is -7.43. The van der Waals surface area contributed by atoms with Crippen molar-refractivity contribution in [3.63, 3.8) is 0 Å². The number of fused-ring (bicyclic) bond motifs is 3. The first-order chi connectivity index (χ1) is 27.3. The Kier molecular flexibility index (Phi) is 8.12. The van der Waals surface area contributed by atoms with Crippen molar-refractivity contribution in [2.24, 2.45) is 0 Å². The van der Waals surface area contributed by atoms with Gasteiger partial charge in [-0.3, -0.25) is 0 Å². The summed E-state index contributed by atoms with van der Waals surface area (Å²) >= 11 is 0. The standard InChI is InChI=1S/C51H34N4/c1-6-18-35(19-7-1)45-34-46(36-20-8-2-9-21-36)53-51(52-45)41-29-16-28-40(32-41)42-30-17-31-43-44(42)33-47(37-22-10-3-11-23-37)55-50(43)48(38-24-12-4-13-25-38)49(54-55)39-26-14-5-15-27-39/h1-34H. The zero-order valence-corrected chi connectivity index (χ0v) is 29.9. The van der Waals surface area contributed by atoms with E-state index in [1.807, 2.05) is 36.4 Å². The van der Waals surface area contributed by atoms with Crippen molar-refractivity contribution in [3.05, 3.63) is 206 Å². The summed E-state index contributed by atoms with van der Waals surface area (Å²) in [4.78, 5) is 10.3. The van der Waals surface area contributed by atoms with Crippen LogP contribution in [0.5, 0.6) is 0 Å². The molecule has 3 aromatic heterocycles. The molecule has 55 heavy (non-hydrogen) atoms. The lowest BCUT2D eigenvalue weighted by Crippen LogP contribution is -1.97. The summed E-state index contributed by atoms with van der Waals surface area (Å²) in [7, 11) is 0. The normalized spacial score (nSPS) is 11.3. The molecule has 0 spiro atoms. The lowest BCUT2D eigenvalue weighted by atomic mass is 9.93. The van der Waals surface area contributed by atoms with Crippen LogP contribution in [-0.4, -0.2) is 19.6 Å². The van der Waals surface area contributed by atoms with E-state index in [9.17, 15) is 0 Å². The van der Waals surface area contributed by atoms with Gasteiger partial charge in [0.05, 0.1) is 22.6 Å². The average Bonchev–Trinajstić information content (AvgIpc) is 3.69. The Morgan fingerprint density at radius 1 is 0.345 bits per heavy atom. The van der Waals surface area contributed by atoms with Crippen LogP contribution in [0.2, 0.25) is 0 Å². The molecule has 0 unspecified atom stereocenters. The van der Waals surface area contributed by atoms with Gasteiger partial charge in [0.2, 0.25) is 0 Å². The molecule has 4 heteroatoms. The third kappa shape index (κ3) is 5.96. The second kappa shape index (κ2) is 13.8. The van der Waals surface area contributed by atoms with Crippen LogP contribution in [-0.2, 0) is 0 Å². The quantitative estimate of drug-likeness (QED) is 0.166. The van der Waals surface area contributed by atoms with Crippen LogP contribution in [0.1, 0.15) is 0 Å². The van der Waals surface area contributed by atoms with E-state index in [4.69, 9.17) is 15.1 Å². The van der Waals surface area contributed by atoms with Gasteiger partial charge in [0.15, 0.2) is 5.82 Å². The van der Waals surface area contributed by atoms with Gasteiger partial charge >= 0.3 is 0 Å². The van der Waals surface area contributed by atoms with Crippen LogP contribution in [0, 0.1) is 0 Å². The largest absolute Gasteiger partial charge is 0.231 e. The van der Waals surface area contributed by atoms with Gasteiger partial charge < -0.3 is 0 Å². The molecular formula is C51H34N4. The maximum Gasteiger partial charge on any atom is 0.160 e. The first kappa shape index (κ1) is 32.2. The van der Waals surface area contributed by atoms with Crippen molar-refractivity contribution in [1.82, 2.24) is 19.6 Å². The molecule has 0 atom stereocenters. The van der Waals surface area contributed by atoms with Gasteiger partial charge in [0.25, 0.3) is 0 Å². The molecule has 0 saturated heterocycles. The molecule has 0 fully saturated rings. The number of rotatable bonds is 7. The van der Waals surface area contributed by atoms with Crippen molar-refractivity contribution in [2.45, 2.75) is 0 Å². The monoisotopic (exact) mass is 702 g/mol. The molecule has 0 radical (unpaired) electrons. The van der Waals surface area contributed by atoms with Gasteiger partial charge in [0.1, 0.15) is 5.69 Å². The minimum atomic E-state index is 0.685. The summed E-state index contributed by atoms with van der Waals surface area (Å²) in [6, 6.07) is 72.0. The zero-order chi connectivity index (χ0) is 36.6. The van der Waals surface area contributed by atoms with Crippen LogP contribution >= 0.6 is 0 Å². The highest BCUT2D eigenvalue weighted by molar-refractivity contribution is 6.12. The number of hydrogen-bond donors (Lipinski definition) is 0. The fourth-order valence-electron chi connectivity index (χ4n) is 7.62. The van der Waals surface area contributed by atoms with E-state index in [-0.39, 0.29) is 0 Å². The fraction of sp³-hybridized carbons (Fsp3) is 0. The van der Waals surface area contributed by atoms with E-state index in [0.29, 0.717) is 5.82 Å². The minimum absolute atomic E-state index is 0.685. The molecule has 0 N–H and O–H groups in total. The van der Waals surface area contributed by atoms with Crippen molar-refractivity contribution < 1.29 is 0 Å². The molecule has 0 aliphatic carbocycles. The minimum Gasteiger partial charge on any atom is -0.231 e. The Balaban J connectivity index is 1.22. The van der Waals surface area contributed by atoms with Crippen LogP contribution in [0.3, 0.4) is 0 Å². The highest BCUT2D eigenvalue weighted by atomic mass is 15.2. The smallest absolute Gasteiger partial charge is 0.160 e. The van der Waals surface area contributed by atoms with E-state index < -0.39 is 0 Å². The molecule has 0 aliphatic heterocycles. The average molecular weight is 703 g/mol. The molecule has 0 bridgehead atoms. The first-order valence-electron chi connectivity index (χ1n) is 18.5. The third-order valence-electron chi connectivity index (χ3n) is 10.2. The molecule has 10 rings (SSSR count). The number of pyridine rings is 1. The highest BCUT2D eigenvalue weighted by Crippen LogP contribution is 2.43. The Morgan fingerprint density at radius 2 is 0.836 bits per heavy atom. The Morgan fingerprint density at radius 3 is 1.44 bits per heavy atom. The summed E-state index contributed by atoms with van der Waals surface area (Å²) in [6.45, 7) is 0. The van der Waals surface area contributed by atoms with Crippen LogP contribution in [0.15, 0.2) is 206 Å². The van der Waals surface area contributed by atoms with E-state index in [0.717, 1.165) is 89.1 Å². The van der Waals surface area contributed by atoms with Gasteiger partial charge in [-0.1, -0.05) is 188 Å². The zero-order valence-electron chi connectivity index (χ0n) is 29.9. The summed E-state index contributed by atoms with van der Waals surface area (Å²) in [5.74, 6) is 0.685. The Labute approximate surface area is 319 Å². The first-order valence-corrected chi connectivity index (χ1v) is 18.5. The van der Waals surface area contributed by atoms with Crippen LogP contribution in [0.4, 0.5) is 0 Å². The number of hydrogen-bond acceptors (Lipinski definition) is 3. The molecule has 0 amide bonds. The molecule has 0 aliphatic rings. The van der Waals surface area contributed by atoms with Crippen LogP contribution < -0.4 is 0 Å². The highest BCUT2D eigenvalue weighted by Gasteiger charge is 2.22. The summed E-state index contributed by atoms with van der Waals surface area (Å²) < 4.78 is 2.15. The lowest BCUT2D eigenvalue weighted by Gasteiger charge is -2.15. The molecule has 7 aromatic carbocycles. The van der Waals surface area contributed by atoms with Crippen molar-refractivity contribution >= 4 is 16.3 Å². The van der Waals surface area contributed by atoms with E-state index in [2.05, 4.69) is 174 Å². The third-order valence-corrected chi connectivity index (χ3v) is 10.2. The molecular weight excluding hydrogens is 669 g/mol. The lowest BCUT2D eigenvalue weighted by molar-refractivity contribution is 0.979. The molecule has 0 saturated carbocycles. The predicted molar refractivity (Wildman–Crippen MR) is 226 cm³/mol. The molecule has 3 heterocycles. The summed E-state index contributed by atoms with van der Waals surface area (Å²) in [5.41, 5.74) is 14.5. The van der Waals surface area contributed by atoms with E-state index in [1.165, 1.54) is 0 Å². The summed E-state index contributed by atoms with van der Waals surface area (Å²) in [6.07, 6.45) is 0. The van der Waals surface area contributed by atoms with Crippen molar-refractivity contribution in [2.75, 3.05) is 0 Å². The SMILES string of the molecule is c1ccc(-c2cc(-c3ccccc3)nc(-c3cccc(-c4cccc5c4cc(-c4ccccc4)n4nc(-c6ccccc6)c(-c6ccccc6)c54)c3)n2)cc1. The van der Waals surface area contributed by atoms with Crippen molar-refractivity contribution in [1.29, 1.82) is 0 Å². The van der Waals surface area contributed by atoms with Gasteiger partial charge in [-0.05, 0) is 40.3 Å². The van der Waals surface area contributed by atoms with Crippen molar-refractivity contribution in [3.8, 4) is 78.7 Å². The topological polar surface area (TPSA) is 43.1 Å². The summed E-state index contributed by atoms with van der Waals surface area (Å²) in [5, 5.41) is 7.68.